The molecule has 1 N–H and O–H groups in total. The van der Waals surface area contributed by atoms with Crippen molar-refractivity contribution < 1.29 is 0 Å². The zero-order chi connectivity index (χ0) is 16.7. The number of fused-ring (bicyclic) bond motifs is 2. The molecule has 2 heterocycles. The Bertz CT molecular complexity index is 1150. The van der Waals surface area contributed by atoms with Gasteiger partial charge in [0.05, 0.1) is 10.9 Å². The Morgan fingerprint density at radius 3 is 2.83 bits per heavy atom. The summed E-state index contributed by atoms with van der Waals surface area (Å²) in [5.41, 5.74) is 2.85. The second-order valence-corrected chi connectivity index (χ2v) is 6.86. The molecule has 24 heavy (non-hydrogen) atoms. The SMILES string of the molecule is Cn1c(/C=C/c2c[nH]c3ccccc23)nc2ccc(I)cc2c1=O. The van der Waals surface area contributed by atoms with Crippen LogP contribution in [0.25, 0.3) is 34.0 Å². The number of nitrogens with zero attached hydrogens (tertiary/aromatic N) is 2. The van der Waals surface area contributed by atoms with Crippen LogP contribution in [0.15, 0.2) is 53.5 Å². The Labute approximate surface area is 152 Å². The molecule has 0 atom stereocenters. The van der Waals surface area contributed by atoms with Gasteiger partial charge in [0, 0.05) is 27.7 Å². The second kappa shape index (κ2) is 5.90. The van der Waals surface area contributed by atoms with E-state index < -0.39 is 0 Å². The first kappa shape index (κ1) is 15.1. The molecule has 0 unspecified atom stereocenters. The van der Waals surface area contributed by atoms with Gasteiger partial charge in [-0.05, 0) is 64.6 Å². The van der Waals surface area contributed by atoms with E-state index in [9.17, 15) is 4.79 Å². The predicted octanol–water partition coefficient (Wildman–Crippen LogP) is 4.19. The molecule has 0 spiro atoms. The Morgan fingerprint density at radius 2 is 1.96 bits per heavy atom. The molecule has 118 valence electrons. The minimum absolute atomic E-state index is 0.0305. The number of para-hydroxylation sites is 1. The number of hydrogen-bond donors (Lipinski definition) is 1. The van der Waals surface area contributed by atoms with Gasteiger partial charge in [-0.15, -0.1) is 0 Å². The van der Waals surface area contributed by atoms with Gasteiger partial charge in [-0.2, -0.15) is 0 Å². The van der Waals surface area contributed by atoms with Gasteiger partial charge in [0.2, 0.25) is 0 Å². The molecule has 2 aromatic heterocycles. The maximum absolute atomic E-state index is 12.6. The molecule has 4 rings (SSSR count). The first-order valence-corrected chi connectivity index (χ1v) is 8.62. The van der Waals surface area contributed by atoms with Crippen LogP contribution in [-0.2, 0) is 7.05 Å². The van der Waals surface area contributed by atoms with Crippen LogP contribution in [0, 0.1) is 3.57 Å². The van der Waals surface area contributed by atoms with Crippen LogP contribution in [0.4, 0.5) is 0 Å². The lowest BCUT2D eigenvalue weighted by Crippen LogP contribution is -2.20. The van der Waals surface area contributed by atoms with Gasteiger partial charge in [-0.1, -0.05) is 18.2 Å². The number of aromatic amines is 1. The fourth-order valence-corrected chi connectivity index (χ4v) is 3.30. The largest absolute Gasteiger partial charge is 0.361 e. The topological polar surface area (TPSA) is 50.7 Å². The van der Waals surface area contributed by atoms with Crippen LogP contribution in [-0.4, -0.2) is 14.5 Å². The van der Waals surface area contributed by atoms with E-state index in [2.05, 4.69) is 38.6 Å². The number of rotatable bonds is 2. The quantitative estimate of drug-likeness (QED) is 0.488. The van der Waals surface area contributed by atoms with Crippen molar-refractivity contribution in [2.75, 3.05) is 0 Å². The number of nitrogens with one attached hydrogen (secondary N) is 1. The van der Waals surface area contributed by atoms with Crippen LogP contribution >= 0.6 is 22.6 Å². The minimum atomic E-state index is -0.0305. The summed E-state index contributed by atoms with van der Waals surface area (Å²) in [6, 6.07) is 13.8. The lowest BCUT2D eigenvalue weighted by molar-refractivity contribution is 0.828. The predicted molar refractivity (Wildman–Crippen MR) is 107 cm³/mol. The van der Waals surface area contributed by atoms with Crippen molar-refractivity contribution in [1.82, 2.24) is 14.5 Å². The molecule has 0 aliphatic rings. The zero-order valence-electron chi connectivity index (χ0n) is 13.0. The van der Waals surface area contributed by atoms with Gasteiger partial charge in [-0.3, -0.25) is 9.36 Å². The molecule has 0 aliphatic carbocycles. The highest BCUT2D eigenvalue weighted by Gasteiger charge is 2.07. The van der Waals surface area contributed by atoms with Crippen LogP contribution in [0.1, 0.15) is 11.4 Å². The van der Waals surface area contributed by atoms with Gasteiger partial charge in [0.25, 0.3) is 5.56 Å². The molecule has 4 aromatic rings. The van der Waals surface area contributed by atoms with Crippen molar-refractivity contribution in [3.8, 4) is 0 Å². The van der Waals surface area contributed by atoms with Crippen molar-refractivity contribution in [2.24, 2.45) is 7.05 Å². The summed E-state index contributed by atoms with van der Waals surface area (Å²) in [5, 5.41) is 1.79. The molecule has 0 saturated carbocycles. The standard InChI is InChI=1S/C19H14IN3O/c1-23-18(22-17-8-7-13(20)10-15(17)19(23)24)9-6-12-11-21-16-5-3-2-4-14(12)16/h2-11,21H,1H3/b9-6+. The molecule has 0 bridgehead atoms. The summed E-state index contributed by atoms with van der Waals surface area (Å²) in [4.78, 5) is 20.4. The summed E-state index contributed by atoms with van der Waals surface area (Å²) in [6.07, 6.45) is 5.83. The fourth-order valence-electron chi connectivity index (χ4n) is 2.81. The average Bonchev–Trinajstić information content (AvgIpc) is 3.01. The summed E-state index contributed by atoms with van der Waals surface area (Å²) >= 11 is 2.20. The smallest absolute Gasteiger partial charge is 0.261 e. The van der Waals surface area contributed by atoms with E-state index in [1.54, 1.807) is 11.6 Å². The van der Waals surface area contributed by atoms with Crippen molar-refractivity contribution in [1.29, 1.82) is 0 Å². The number of halogens is 1. The molecule has 0 aliphatic heterocycles. The molecule has 0 radical (unpaired) electrons. The Morgan fingerprint density at radius 1 is 1.12 bits per heavy atom. The highest BCUT2D eigenvalue weighted by atomic mass is 127. The Kier molecular flexibility index (Phi) is 3.72. The summed E-state index contributed by atoms with van der Waals surface area (Å²) in [7, 11) is 1.75. The molecule has 0 saturated heterocycles. The van der Waals surface area contributed by atoms with E-state index in [0.29, 0.717) is 11.2 Å². The highest BCUT2D eigenvalue weighted by molar-refractivity contribution is 14.1. The van der Waals surface area contributed by atoms with E-state index in [4.69, 9.17) is 0 Å². The first-order valence-electron chi connectivity index (χ1n) is 7.54. The third-order valence-electron chi connectivity index (χ3n) is 4.11. The van der Waals surface area contributed by atoms with Crippen molar-refractivity contribution in [3.63, 3.8) is 0 Å². The molecular formula is C19H14IN3O. The van der Waals surface area contributed by atoms with Crippen LogP contribution in [0.2, 0.25) is 0 Å². The van der Waals surface area contributed by atoms with E-state index in [-0.39, 0.29) is 5.56 Å². The molecular weight excluding hydrogens is 413 g/mol. The average molecular weight is 427 g/mol. The maximum Gasteiger partial charge on any atom is 0.261 e. The Hall–Kier alpha value is -2.41. The molecule has 0 fully saturated rings. The Balaban J connectivity index is 1.83. The van der Waals surface area contributed by atoms with Gasteiger partial charge < -0.3 is 4.98 Å². The van der Waals surface area contributed by atoms with Gasteiger partial charge in [0.1, 0.15) is 5.82 Å². The lowest BCUT2D eigenvalue weighted by atomic mass is 10.1. The number of aromatic nitrogens is 3. The number of hydrogen-bond acceptors (Lipinski definition) is 2. The van der Waals surface area contributed by atoms with E-state index in [1.165, 1.54) is 0 Å². The van der Waals surface area contributed by atoms with E-state index >= 15 is 0 Å². The normalized spacial score (nSPS) is 11.8. The molecule has 2 aromatic carbocycles. The monoisotopic (exact) mass is 427 g/mol. The van der Waals surface area contributed by atoms with Gasteiger partial charge in [-0.25, -0.2) is 4.98 Å². The number of H-pyrrole nitrogens is 1. The maximum atomic E-state index is 12.6. The van der Waals surface area contributed by atoms with Crippen LogP contribution in [0.5, 0.6) is 0 Å². The third-order valence-corrected chi connectivity index (χ3v) is 4.78. The van der Waals surface area contributed by atoms with Crippen molar-refractivity contribution in [3.05, 3.63) is 74.0 Å². The number of benzene rings is 2. The van der Waals surface area contributed by atoms with E-state index in [0.717, 1.165) is 25.6 Å². The summed E-state index contributed by atoms with van der Waals surface area (Å²) in [6.45, 7) is 0. The first-order chi connectivity index (χ1) is 11.6. The molecule has 4 nitrogen and oxygen atoms in total. The zero-order valence-corrected chi connectivity index (χ0v) is 15.1. The highest BCUT2D eigenvalue weighted by Crippen LogP contribution is 2.20. The van der Waals surface area contributed by atoms with Crippen molar-refractivity contribution >= 4 is 56.5 Å². The lowest BCUT2D eigenvalue weighted by Gasteiger charge is -2.06. The minimum Gasteiger partial charge on any atom is -0.361 e. The summed E-state index contributed by atoms with van der Waals surface area (Å²) < 4.78 is 2.62. The van der Waals surface area contributed by atoms with Crippen molar-refractivity contribution in [2.45, 2.75) is 0 Å². The van der Waals surface area contributed by atoms with Gasteiger partial charge in [0.15, 0.2) is 0 Å². The molecule has 0 amide bonds. The van der Waals surface area contributed by atoms with Crippen LogP contribution in [0.3, 0.4) is 0 Å². The second-order valence-electron chi connectivity index (χ2n) is 5.62. The molecule has 5 heteroatoms. The third kappa shape index (κ3) is 2.54. The fraction of sp³-hybridized carbons (Fsp3) is 0.0526. The summed E-state index contributed by atoms with van der Waals surface area (Å²) in [5.74, 6) is 0.638. The van der Waals surface area contributed by atoms with Gasteiger partial charge >= 0.3 is 0 Å². The van der Waals surface area contributed by atoms with E-state index in [1.807, 2.05) is 54.7 Å². The van der Waals surface area contributed by atoms with Crippen LogP contribution < -0.4 is 5.56 Å².